The number of hydrogen-bond acceptors (Lipinski definition) is 3. The van der Waals surface area contributed by atoms with Crippen LogP contribution in [0.3, 0.4) is 0 Å². The Morgan fingerprint density at radius 1 is 1.09 bits per heavy atom. The van der Waals surface area contributed by atoms with Crippen molar-refractivity contribution in [2.75, 3.05) is 33.0 Å². The number of carbonyl (C=O) groups excluding carboxylic acids is 1. The predicted octanol–water partition coefficient (Wildman–Crippen LogP) is 2.27. The third kappa shape index (κ3) is 3.87. The first-order valence-corrected chi connectivity index (χ1v) is 8.34. The van der Waals surface area contributed by atoms with Crippen LogP contribution in [0.4, 0.5) is 0 Å². The number of hydrogen-bond donors (Lipinski definition) is 0. The summed E-state index contributed by atoms with van der Waals surface area (Å²) < 4.78 is 11.0. The summed E-state index contributed by atoms with van der Waals surface area (Å²) in [4.78, 5) is 15.0. The minimum absolute atomic E-state index is 0.0325. The Hall–Kier alpha value is -1.39. The summed E-state index contributed by atoms with van der Waals surface area (Å²) in [6, 6.07) is 10.6. The van der Waals surface area contributed by atoms with Crippen molar-refractivity contribution in [1.82, 2.24) is 4.90 Å². The lowest BCUT2D eigenvalue weighted by molar-refractivity contribution is -0.142. The maximum absolute atomic E-state index is 12.9. The number of ether oxygens (including phenoxy) is 2. The van der Waals surface area contributed by atoms with Crippen LogP contribution in [0.15, 0.2) is 30.3 Å². The summed E-state index contributed by atoms with van der Waals surface area (Å²) in [5, 5.41) is 0. The second-order valence-electron chi connectivity index (χ2n) is 6.20. The maximum atomic E-state index is 12.9. The van der Waals surface area contributed by atoms with Crippen molar-refractivity contribution in [2.45, 2.75) is 31.7 Å². The van der Waals surface area contributed by atoms with Crippen molar-refractivity contribution >= 4 is 5.91 Å². The average Bonchev–Trinajstić information content (AvgIpc) is 3.11. The molecule has 22 heavy (non-hydrogen) atoms. The molecule has 2 unspecified atom stereocenters. The molecule has 4 heteroatoms. The van der Waals surface area contributed by atoms with Crippen LogP contribution in [0.2, 0.25) is 0 Å². The van der Waals surface area contributed by atoms with Crippen molar-refractivity contribution in [3.8, 4) is 0 Å². The Balaban J connectivity index is 1.64. The topological polar surface area (TPSA) is 38.8 Å². The summed E-state index contributed by atoms with van der Waals surface area (Å²) in [5.74, 6) is 0.288. The average molecular weight is 303 g/mol. The van der Waals surface area contributed by atoms with Gasteiger partial charge in [-0.25, -0.2) is 0 Å². The second-order valence-corrected chi connectivity index (χ2v) is 6.20. The van der Waals surface area contributed by atoms with Gasteiger partial charge in [-0.2, -0.15) is 0 Å². The van der Waals surface area contributed by atoms with Gasteiger partial charge in [0.2, 0.25) is 5.91 Å². The van der Waals surface area contributed by atoms with Crippen LogP contribution >= 0.6 is 0 Å². The van der Waals surface area contributed by atoms with Crippen molar-refractivity contribution < 1.29 is 14.3 Å². The minimum Gasteiger partial charge on any atom is -0.381 e. The van der Waals surface area contributed by atoms with Gasteiger partial charge in [-0.15, -0.1) is 0 Å². The van der Waals surface area contributed by atoms with E-state index in [9.17, 15) is 4.79 Å². The van der Waals surface area contributed by atoms with Gasteiger partial charge in [0.25, 0.3) is 0 Å². The Morgan fingerprint density at radius 2 is 1.91 bits per heavy atom. The highest BCUT2D eigenvalue weighted by molar-refractivity contribution is 5.79. The lowest BCUT2D eigenvalue weighted by Gasteiger charge is -2.33. The Morgan fingerprint density at radius 3 is 2.59 bits per heavy atom. The number of rotatable bonds is 5. The van der Waals surface area contributed by atoms with Gasteiger partial charge in [0.05, 0.1) is 25.2 Å². The molecule has 0 aromatic heterocycles. The summed E-state index contributed by atoms with van der Waals surface area (Å²) in [5.41, 5.74) is 1.28. The minimum atomic E-state index is 0.0325. The SMILES string of the molecule is O=C(C1CCCOC1)N(CCc1ccccc1)C1CCOC1. The lowest BCUT2D eigenvalue weighted by atomic mass is 9.99. The highest BCUT2D eigenvalue weighted by Gasteiger charge is 2.32. The molecule has 2 aliphatic rings. The molecule has 0 N–H and O–H groups in total. The van der Waals surface area contributed by atoms with Gasteiger partial charge in [-0.3, -0.25) is 4.79 Å². The van der Waals surface area contributed by atoms with Crippen molar-refractivity contribution in [2.24, 2.45) is 5.92 Å². The molecular weight excluding hydrogens is 278 g/mol. The fourth-order valence-corrected chi connectivity index (χ4v) is 3.30. The van der Waals surface area contributed by atoms with Crippen molar-refractivity contribution in [3.05, 3.63) is 35.9 Å². The zero-order valence-electron chi connectivity index (χ0n) is 13.1. The number of carbonyl (C=O) groups is 1. The van der Waals surface area contributed by atoms with E-state index in [0.717, 1.165) is 45.4 Å². The van der Waals surface area contributed by atoms with E-state index >= 15 is 0 Å². The summed E-state index contributed by atoms with van der Waals surface area (Å²) in [6.45, 7) is 3.58. The standard InChI is InChI=1S/C18H25NO3/c20-18(16-7-4-11-21-13-16)19(17-9-12-22-14-17)10-8-15-5-2-1-3-6-15/h1-3,5-6,16-17H,4,7-14H2. The first-order valence-electron chi connectivity index (χ1n) is 8.34. The third-order valence-electron chi connectivity index (χ3n) is 4.62. The largest absolute Gasteiger partial charge is 0.381 e. The number of nitrogens with zero attached hydrogens (tertiary/aromatic N) is 1. The molecule has 2 atom stereocenters. The lowest BCUT2D eigenvalue weighted by Crippen LogP contribution is -2.46. The molecule has 0 saturated carbocycles. The zero-order valence-corrected chi connectivity index (χ0v) is 13.1. The second kappa shape index (κ2) is 7.75. The Labute approximate surface area is 132 Å². The molecule has 120 valence electrons. The molecule has 1 aromatic rings. The van der Waals surface area contributed by atoms with E-state index in [1.165, 1.54) is 5.56 Å². The third-order valence-corrected chi connectivity index (χ3v) is 4.62. The monoisotopic (exact) mass is 303 g/mol. The Kier molecular flexibility index (Phi) is 5.46. The van der Waals surface area contributed by atoms with Crippen molar-refractivity contribution in [3.63, 3.8) is 0 Å². The van der Waals surface area contributed by atoms with Crippen LogP contribution in [0, 0.1) is 5.92 Å². The van der Waals surface area contributed by atoms with E-state index in [1.807, 2.05) is 6.07 Å². The van der Waals surface area contributed by atoms with E-state index in [-0.39, 0.29) is 17.9 Å². The summed E-state index contributed by atoms with van der Waals surface area (Å²) in [6.07, 6.45) is 3.79. The molecule has 0 aliphatic carbocycles. The first-order chi connectivity index (χ1) is 10.8. The van der Waals surface area contributed by atoms with Crippen LogP contribution in [0.1, 0.15) is 24.8 Å². The van der Waals surface area contributed by atoms with Crippen LogP contribution in [-0.2, 0) is 20.7 Å². The van der Waals surface area contributed by atoms with Gasteiger partial charge in [-0.05, 0) is 31.2 Å². The molecule has 2 heterocycles. The predicted molar refractivity (Wildman–Crippen MR) is 84.6 cm³/mol. The number of benzene rings is 1. The zero-order chi connectivity index (χ0) is 15.2. The van der Waals surface area contributed by atoms with Crippen LogP contribution in [0.5, 0.6) is 0 Å². The van der Waals surface area contributed by atoms with E-state index in [4.69, 9.17) is 9.47 Å². The maximum Gasteiger partial charge on any atom is 0.228 e. The van der Waals surface area contributed by atoms with Gasteiger partial charge >= 0.3 is 0 Å². The molecule has 2 fully saturated rings. The molecule has 2 aliphatic heterocycles. The van der Waals surface area contributed by atoms with Gasteiger partial charge < -0.3 is 14.4 Å². The van der Waals surface area contributed by atoms with Crippen LogP contribution < -0.4 is 0 Å². The molecule has 1 amide bonds. The molecule has 4 nitrogen and oxygen atoms in total. The number of amides is 1. The highest BCUT2D eigenvalue weighted by atomic mass is 16.5. The van der Waals surface area contributed by atoms with E-state index in [0.29, 0.717) is 13.2 Å². The Bertz CT molecular complexity index is 464. The molecule has 1 aromatic carbocycles. The quantitative estimate of drug-likeness (QED) is 0.837. The highest BCUT2D eigenvalue weighted by Crippen LogP contribution is 2.21. The van der Waals surface area contributed by atoms with Crippen molar-refractivity contribution in [1.29, 1.82) is 0 Å². The van der Waals surface area contributed by atoms with E-state index in [2.05, 4.69) is 29.2 Å². The van der Waals surface area contributed by atoms with Gasteiger partial charge in [0, 0.05) is 19.8 Å². The van der Waals surface area contributed by atoms with Crippen LogP contribution in [0.25, 0.3) is 0 Å². The fourth-order valence-electron chi connectivity index (χ4n) is 3.30. The molecule has 0 spiro atoms. The fraction of sp³-hybridized carbons (Fsp3) is 0.611. The summed E-state index contributed by atoms with van der Waals surface area (Å²) >= 11 is 0. The van der Waals surface area contributed by atoms with Gasteiger partial charge in [-0.1, -0.05) is 30.3 Å². The van der Waals surface area contributed by atoms with Gasteiger partial charge in [0.1, 0.15) is 0 Å². The van der Waals surface area contributed by atoms with Gasteiger partial charge in [0.15, 0.2) is 0 Å². The molecule has 0 bridgehead atoms. The molecular formula is C18H25NO3. The van der Waals surface area contributed by atoms with E-state index in [1.54, 1.807) is 0 Å². The normalized spacial score (nSPS) is 25.1. The molecule has 2 saturated heterocycles. The van der Waals surface area contributed by atoms with Crippen LogP contribution in [-0.4, -0.2) is 49.8 Å². The summed E-state index contributed by atoms with van der Waals surface area (Å²) in [7, 11) is 0. The van der Waals surface area contributed by atoms with E-state index < -0.39 is 0 Å². The smallest absolute Gasteiger partial charge is 0.228 e. The molecule has 3 rings (SSSR count). The first kappa shape index (κ1) is 15.5. The molecule has 0 radical (unpaired) electrons.